The number of hydrogen-bond acceptors (Lipinski definition) is 5. The number of ether oxygens (including phenoxy) is 2. The van der Waals surface area contributed by atoms with Crippen molar-refractivity contribution in [2.45, 2.75) is 56.8 Å². The van der Waals surface area contributed by atoms with Gasteiger partial charge < -0.3 is 14.4 Å². The molecule has 0 radical (unpaired) electrons. The van der Waals surface area contributed by atoms with Crippen LogP contribution in [0.4, 0.5) is 25.0 Å². The molecule has 5 rings (SSSR count). The zero-order valence-corrected chi connectivity index (χ0v) is 16.1. The van der Waals surface area contributed by atoms with Gasteiger partial charge in [-0.05, 0) is 32.1 Å². The number of ketones is 1. The van der Waals surface area contributed by atoms with E-state index in [1.54, 1.807) is 4.90 Å². The summed E-state index contributed by atoms with van der Waals surface area (Å²) in [5, 5.41) is 0. The molecule has 0 N–H and O–H groups in total. The molecule has 4 fully saturated rings. The lowest BCUT2D eigenvalue weighted by atomic mass is 10.1. The first-order valence-electron chi connectivity index (χ1n) is 10.4. The summed E-state index contributed by atoms with van der Waals surface area (Å²) in [5.74, 6) is -1.00. The summed E-state index contributed by atoms with van der Waals surface area (Å²) < 4.78 is 40.7. The smallest absolute Gasteiger partial charge is 0.414 e. The third kappa shape index (κ3) is 3.70. The van der Waals surface area contributed by atoms with Gasteiger partial charge in [-0.15, -0.1) is 0 Å². The Hall–Kier alpha value is -2.22. The number of nitrogens with zero attached hydrogens (tertiary/aromatic N) is 2. The molecule has 0 spiro atoms. The third-order valence-corrected chi connectivity index (χ3v) is 6.29. The normalized spacial score (nSPS) is 28.8. The molecule has 2 bridgehead atoms. The molecule has 156 valence electrons. The fraction of sp³-hybridized carbons (Fsp3) is 0.619. The van der Waals surface area contributed by atoms with Gasteiger partial charge in [0, 0.05) is 37.6 Å². The second kappa shape index (κ2) is 7.23. The molecule has 1 aromatic rings. The molecule has 29 heavy (non-hydrogen) atoms. The minimum absolute atomic E-state index is 0.0138. The van der Waals surface area contributed by atoms with Crippen molar-refractivity contribution in [3.8, 4) is 0 Å². The summed E-state index contributed by atoms with van der Waals surface area (Å²) in [6.07, 6.45) is 3.49. The van der Waals surface area contributed by atoms with E-state index < -0.39 is 23.8 Å². The SMILES string of the molecule is O=C(CC[C@H]1CN(c2cc(F)c(N3CC4CCC(C3)O4)c(F)c2)C(=O)O1)C1CC1. The predicted molar refractivity (Wildman–Crippen MR) is 101 cm³/mol. The molecular formula is C21H24F2N2O4. The average Bonchev–Trinajstić information content (AvgIpc) is 3.39. The quantitative estimate of drug-likeness (QED) is 0.725. The van der Waals surface area contributed by atoms with E-state index in [2.05, 4.69) is 0 Å². The highest BCUT2D eigenvalue weighted by Crippen LogP contribution is 2.36. The van der Waals surface area contributed by atoms with Crippen LogP contribution in [0, 0.1) is 17.6 Å². The first kappa shape index (κ1) is 18.8. The summed E-state index contributed by atoms with van der Waals surface area (Å²) in [4.78, 5) is 27.0. The van der Waals surface area contributed by atoms with Crippen molar-refractivity contribution in [2.24, 2.45) is 5.92 Å². The van der Waals surface area contributed by atoms with Crippen molar-refractivity contribution in [3.05, 3.63) is 23.8 Å². The topological polar surface area (TPSA) is 59.1 Å². The van der Waals surface area contributed by atoms with Crippen LogP contribution in [0.2, 0.25) is 0 Å². The molecule has 4 aliphatic rings. The Bertz CT molecular complexity index is 809. The number of cyclic esters (lactones) is 1. The number of anilines is 2. The van der Waals surface area contributed by atoms with E-state index in [9.17, 15) is 18.4 Å². The average molecular weight is 406 g/mol. The van der Waals surface area contributed by atoms with Crippen LogP contribution in [-0.4, -0.2) is 49.8 Å². The van der Waals surface area contributed by atoms with Crippen LogP contribution in [0.1, 0.15) is 38.5 Å². The van der Waals surface area contributed by atoms with E-state index in [1.807, 2.05) is 0 Å². The lowest BCUT2D eigenvalue weighted by molar-refractivity contribution is -0.120. The maximum atomic E-state index is 14.9. The number of benzene rings is 1. The molecule has 1 saturated carbocycles. The Morgan fingerprint density at radius 1 is 1.03 bits per heavy atom. The van der Waals surface area contributed by atoms with Gasteiger partial charge in [-0.1, -0.05) is 0 Å². The van der Waals surface area contributed by atoms with Gasteiger partial charge in [0.15, 0.2) is 11.6 Å². The number of amides is 1. The highest BCUT2D eigenvalue weighted by atomic mass is 19.1. The lowest BCUT2D eigenvalue weighted by Gasteiger charge is -2.34. The maximum Gasteiger partial charge on any atom is 0.414 e. The number of carbonyl (C=O) groups excluding carboxylic acids is 2. The highest BCUT2D eigenvalue weighted by molar-refractivity contribution is 5.90. The molecule has 1 amide bonds. The molecule has 1 aromatic carbocycles. The Labute approximate surface area is 167 Å². The zero-order valence-electron chi connectivity index (χ0n) is 16.1. The maximum absolute atomic E-state index is 14.9. The van der Waals surface area contributed by atoms with Crippen LogP contribution < -0.4 is 9.80 Å². The summed E-state index contributed by atoms with van der Waals surface area (Å²) in [5.41, 5.74) is 0.0779. The largest absolute Gasteiger partial charge is 0.444 e. The number of Topliss-reactive ketones (excluding diaryl/α,β-unsaturated/α-hetero) is 1. The van der Waals surface area contributed by atoms with Gasteiger partial charge in [-0.3, -0.25) is 9.69 Å². The van der Waals surface area contributed by atoms with Crippen molar-refractivity contribution in [1.82, 2.24) is 0 Å². The molecule has 3 atom stereocenters. The third-order valence-electron chi connectivity index (χ3n) is 6.29. The number of carbonyl (C=O) groups is 2. The number of morpholine rings is 1. The van der Waals surface area contributed by atoms with E-state index in [1.165, 1.54) is 17.0 Å². The van der Waals surface area contributed by atoms with E-state index in [0.717, 1.165) is 25.7 Å². The first-order chi connectivity index (χ1) is 14.0. The summed E-state index contributed by atoms with van der Waals surface area (Å²) in [6, 6.07) is 2.38. The Kier molecular flexibility index (Phi) is 4.69. The Morgan fingerprint density at radius 2 is 1.69 bits per heavy atom. The second-order valence-electron chi connectivity index (χ2n) is 8.52. The number of hydrogen-bond donors (Lipinski definition) is 0. The molecule has 3 aliphatic heterocycles. The predicted octanol–water partition coefficient (Wildman–Crippen LogP) is 3.42. The Balaban J connectivity index is 1.28. The minimum atomic E-state index is -0.693. The van der Waals surface area contributed by atoms with Crippen molar-refractivity contribution in [2.75, 3.05) is 29.4 Å². The lowest BCUT2D eigenvalue weighted by Crippen LogP contribution is -2.43. The minimum Gasteiger partial charge on any atom is -0.444 e. The molecule has 3 saturated heterocycles. The van der Waals surface area contributed by atoms with Crippen molar-refractivity contribution in [1.29, 1.82) is 0 Å². The van der Waals surface area contributed by atoms with E-state index >= 15 is 0 Å². The van der Waals surface area contributed by atoms with Gasteiger partial charge in [0.25, 0.3) is 0 Å². The standard InChI is InChI=1S/C21H24F2N2O4/c22-17-7-13(8-18(23)20(17)24-9-14-3-4-15(10-24)28-14)25-11-16(29-21(25)27)5-6-19(26)12-1-2-12/h7-8,12,14-16H,1-6,9-11H2/t14?,15?,16-/m0/s1. The molecule has 2 unspecified atom stereocenters. The number of halogens is 2. The monoisotopic (exact) mass is 406 g/mol. The van der Waals surface area contributed by atoms with Crippen molar-refractivity contribution in [3.63, 3.8) is 0 Å². The second-order valence-corrected chi connectivity index (χ2v) is 8.52. The Morgan fingerprint density at radius 3 is 2.31 bits per heavy atom. The number of fused-ring (bicyclic) bond motifs is 2. The zero-order chi connectivity index (χ0) is 20.1. The van der Waals surface area contributed by atoms with Crippen LogP contribution >= 0.6 is 0 Å². The van der Waals surface area contributed by atoms with Gasteiger partial charge in [0.05, 0.1) is 24.4 Å². The van der Waals surface area contributed by atoms with Gasteiger partial charge >= 0.3 is 6.09 Å². The van der Waals surface area contributed by atoms with Crippen LogP contribution in [0.5, 0.6) is 0 Å². The fourth-order valence-electron chi connectivity index (χ4n) is 4.60. The van der Waals surface area contributed by atoms with Crippen LogP contribution in [0.25, 0.3) is 0 Å². The van der Waals surface area contributed by atoms with Gasteiger partial charge in [-0.25, -0.2) is 13.6 Å². The van der Waals surface area contributed by atoms with Gasteiger partial charge in [0.2, 0.25) is 0 Å². The van der Waals surface area contributed by atoms with Crippen LogP contribution in [-0.2, 0) is 14.3 Å². The fourth-order valence-corrected chi connectivity index (χ4v) is 4.60. The molecule has 3 heterocycles. The van der Waals surface area contributed by atoms with Crippen LogP contribution in [0.15, 0.2) is 12.1 Å². The van der Waals surface area contributed by atoms with Crippen LogP contribution in [0.3, 0.4) is 0 Å². The number of rotatable bonds is 6. The molecule has 8 heteroatoms. The summed E-state index contributed by atoms with van der Waals surface area (Å²) in [7, 11) is 0. The highest BCUT2D eigenvalue weighted by Gasteiger charge is 2.38. The van der Waals surface area contributed by atoms with E-state index in [-0.39, 0.29) is 41.8 Å². The molecule has 0 aromatic heterocycles. The summed E-state index contributed by atoms with van der Waals surface area (Å²) >= 11 is 0. The first-order valence-corrected chi connectivity index (χ1v) is 10.4. The van der Waals surface area contributed by atoms with E-state index in [0.29, 0.717) is 25.9 Å². The van der Waals surface area contributed by atoms with Crippen molar-refractivity contribution < 1.29 is 27.8 Å². The van der Waals surface area contributed by atoms with Crippen molar-refractivity contribution >= 4 is 23.3 Å². The molecular weight excluding hydrogens is 382 g/mol. The van der Waals surface area contributed by atoms with Gasteiger partial charge in [0.1, 0.15) is 17.6 Å². The van der Waals surface area contributed by atoms with Gasteiger partial charge in [-0.2, -0.15) is 0 Å². The molecule has 6 nitrogen and oxygen atoms in total. The van der Waals surface area contributed by atoms with E-state index in [4.69, 9.17) is 9.47 Å². The molecule has 1 aliphatic carbocycles. The summed E-state index contributed by atoms with van der Waals surface area (Å²) in [6.45, 7) is 1.12.